The molecular formula is C27H20ClF2N7O5S. The number of hydrogen-bond donors (Lipinski definition) is 3. The van der Waals surface area contributed by atoms with Gasteiger partial charge < -0.3 is 10.6 Å². The van der Waals surface area contributed by atoms with Crippen LogP contribution in [0.2, 0.25) is 0 Å². The first-order chi connectivity index (χ1) is 20.5. The largest absolute Gasteiger partial charge is 0.383 e. The summed E-state index contributed by atoms with van der Waals surface area (Å²) < 4.78 is 29.2. The van der Waals surface area contributed by atoms with Crippen LogP contribution in [-0.4, -0.2) is 68.2 Å². The van der Waals surface area contributed by atoms with Gasteiger partial charge in [0.2, 0.25) is 11.8 Å². The number of piperidine rings is 1. The van der Waals surface area contributed by atoms with Crippen molar-refractivity contribution in [3.8, 4) is 10.6 Å². The highest BCUT2D eigenvalue weighted by Gasteiger charge is 2.44. The number of fused-ring (bicyclic) bond motifs is 2. The Morgan fingerprint density at radius 1 is 1.09 bits per heavy atom. The van der Waals surface area contributed by atoms with E-state index in [0.717, 1.165) is 15.5 Å². The van der Waals surface area contributed by atoms with E-state index in [4.69, 9.17) is 11.6 Å². The molecule has 16 heteroatoms. The molecule has 43 heavy (non-hydrogen) atoms. The van der Waals surface area contributed by atoms with Crippen molar-refractivity contribution in [1.29, 1.82) is 0 Å². The molecule has 1 atom stereocenters. The Bertz CT molecular complexity index is 1820. The van der Waals surface area contributed by atoms with Gasteiger partial charge in [-0.1, -0.05) is 6.07 Å². The summed E-state index contributed by atoms with van der Waals surface area (Å²) in [7, 11) is 0. The number of rotatable bonds is 8. The van der Waals surface area contributed by atoms with E-state index >= 15 is 0 Å². The van der Waals surface area contributed by atoms with Crippen LogP contribution in [0.4, 0.5) is 14.5 Å². The van der Waals surface area contributed by atoms with Gasteiger partial charge in [-0.25, -0.2) is 9.50 Å². The minimum absolute atomic E-state index is 0.0182. The van der Waals surface area contributed by atoms with Gasteiger partial charge in [-0.05, 0) is 53.7 Å². The highest BCUT2D eigenvalue weighted by molar-refractivity contribution is 7.13. The number of anilines is 1. The van der Waals surface area contributed by atoms with Crippen LogP contribution in [0.15, 0.2) is 47.8 Å². The molecule has 1 saturated heterocycles. The molecule has 0 saturated carbocycles. The summed E-state index contributed by atoms with van der Waals surface area (Å²) in [5.74, 6) is -3.05. The Kier molecular flexibility index (Phi) is 7.14. The summed E-state index contributed by atoms with van der Waals surface area (Å²) >= 11 is 6.64. The predicted molar refractivity (Wildman–Crippen MR) is 150 cm³/mol. The second-order valence-corrected chi connectivity index (χ2v) is 11.1. The van der Waals surface area contributed by atoms with E-state index in [1.807, 2.05) is 0 Å². The third kappa shape index (κ3) is 5.32. The molecular weight excluding hydrogens is 608 g/mol. The number of amides is 5. The number of imide groups is 2. The Balaban J connectivity index is 1.11. The molecule has 0 spiro atoms. The molecule has 6 rings (SSSR count). The molecule has 0 bridgehead atoms. The first-order valence-electron chi connectivity index (χ1n) is 12.9. The lowest BCUT2D eigenvalue weighted by molar-refractivity contribution is -0.136. The van der Waals surface area contributed by atoms with Crippen molar-refractivity contribution in [2.75, 3.05) is 18.4 Å². The maximum absolute atomic E-state index is 14.2. The number of carbonyl (C=O) groups excluding carboxylic acids is 5. The molecule has 3 N–H and O–H groups in total. The van der Waals surface area contributed by atoms with Crippen LogP contribution in [0.1, 0.15) is 49.7 Å². The Labute approximate surface area is 250 Å². The van der Waals surface area contributed by atoms with Crippen molar-refractivity contribution in [2.24, 2.45) is 0 Å². The number of hydrogen-bond acceptors (Lipinski definition) is 9. The first kappa shape index (κ1) is 28.4. The normalized spacial score (nSPS) is 16.9. The molecule has 2 aliphatic heterocycles. The van der Waals surface area contributed by atoms with Gasteiger partial charge in [0, 0.05) is 31.3 Å². The maximum Gasteiger partial charge on any atom is 0.364 e. The van der Waals surface area contributed by atoms with Crippen molar-refractivity contribution in [3.63, 3.8) is 0 Å². The summed E-state index contributed by atoms with van der Waals surface area (Å²) in [6, 6.07) is 9.32. The lowest BCUT2D eigenvalue weighted by Crippen LogP contribution is -2.54. The number of nitrogens with one attached hydrogen (secondary N) is 3. The van der Waals surface area contributed by atoms with Gasteiger partial charge in [0.1, 0.15) is 11.7 Å². The van der Waals surface area contributed by atoms with Gasteiger partial charge in [0.15, 0.2) is 11.3 Å². The van der Waals surface area contributed by atoms with Gasteiger partial charge in [-0.2, -0.15) is 13.9 Å². The van der Waals surface area contributed by atoms with E-state index < -0.39 is 46.7 Å². The third-order valence-corrected chi connectivity index (χ3v) is 7.99. The topological polar surface area (TPSA) is 155 Å². The fourth-order valence-electron chi connectivity index (χ4n) is 4.89. The monoisotopic (exact) mass is 627 g/mol. The van der Waals surface area contributed by atoms with E-state index in [-0.39, 0.29) is 54.1 Å². The molecule has 1 unspecified atom stereocenters. The van der Waals surface area contributed by atoms with Crippen LogP contribution in [0.25, 0.3) is 16.2 Å². The van der Waals surface area contributed by atoms with Crippen LogP contribution in [0.5, 0.6) is 0 Å². The third-order valence-electron chi connectivity index (χ3n) is 6.90. The van der Waals surface area contributed by atoms with E-state index in [1.165, 1.54) is 29.5 Å². The summed E-state index contributed by atoms with van der Waals surface area (Å²) in [5.41, 5.74) is 0.230. The summed E-state index contributed by atoms with van der Waals surface area (Å²) in [6.07, 6.45) is 0.0685. The summed E-state index contributed by atoms with van der Waals surface area (Å²) in [4.78, 5) is 68.2. The SMILES string of the molecule is O=C1CCC(N2C(=O)c3ccc(NCCNC(=O)c4cc5nc(-c6cccs6)cc(C(F)(F)Cl)n5n4)cc3C2=O)C(=O)N1. The van der Waals surface area contributed by atoms with Crippen LogP contribution >= 0.6 is 22.9 Å². The lowest BCUT2D eigenvalue weighted by Gasteiger charge is -2.27. The Hall–Kier alpha value is -4.76. The van der Waals surface area contributed by atoms with Crippen molar-refractivity contribution < 1.29 is 32.8 Å². The number of aromatic nitrogens is 3. The van der Waals surface area contributed by atoms with E-state index in [2.05, 4.69) is 26.0 Å². The van der Waals surface area contributed by atoms with Crippen molar-refractivity contribution >= 4 is 63.8 Å². The van der Waals surface area contributed by atoms with Gasteiger partial charge in [0.05, 0.1) is 21.7 Å². The molecule has 0 aliphatic carbocycles. The van der Waals surface area contributed by atoms with Gasteiger partial charge in [0.25, 0.3) is 17.7 Å². The number of benzene rings is 1. The fourth-order valence-corrected chi connectivity index (χ4v) is 5.71. The quantitative estimate of drug-likeness (QED) is 0.153. The Morgan fingerprint density at radius 2 is 1.88 bits per heavy atom. The minimum atomic E-state index is -3.77. The van der Waals surface area contributed by atoms with Gasteiger partial charge >= 0.3 is 5.38 Å². The molecule has 4 aromatic rings. The Morgan fingerprint density at radius 3 is 2.60 bits per heavy atom. The molecule has 1 aromatic carbocycles. The van der Waals surface area contributed by atoms with Crippen LogP contribution < -0.4 is 16.0 Å². The van der Waals surface area contributed by atoms with Crippen LogP contribution in [-0.2, 0) is 15.0 Å². The zero-order valence-corrected chi connectivity index (χ0v) is 23.5. The van der Waals surface area contributed by atoms with Crippen LogP contribution in [0, 0.1) is 0 Å². The average Bonchev–Trinajstić information content (AvgIpc) is 3.70. The molecule has 3 aromatic heterocycles. The highest BCUT2D eigenvalue weighted by Crippen LogP contribution is 2.35. The van der Waals surface area contributed by atoms with Gasteiger partial charge in [-0.15, -0.1) is 11.3 Å². The lowest BCUT2D eigenvalue weighted by atomic mass is 10.0. The maximum atomic E-state index is 14.2. The number of carbonyl (C=O) groups is 5. The standard InChI is InChI=1S/C27H20ClF2N7O5S/c28-27(29,30)20-11-16(19-2-1-9-43-19)33-21-12-17(35-37(20)21)23(39)32-8-7-31-13-3-4-14-15(10-13)26(42)36(25(14)41)18-5-6-22(38)34-24(18)40/h1-4,9-12,18,31H,5-8H2,(H,32,39)(H,34,38,40). The van der Waals surface area contributed by atoms with Gasteiger partial charge in [-0.3, -0.25) is 34.2 Å². The van der Waals surface area contributed by atoms with Crippen LogP contribution in [0.3, 0.4) is 0 Å². The molecule has 1 fully saturated rings. The zero-order valence-electron chi connectivity index (χ0n) is 21.9. The zero-order chi connectivity index (χ0) is 30.5. The summed E-state index contributed by atoms with van der Waals surface area (Å²) in [5, 5.41) is 9.81. The molecule has 12 nitrogen and oxygen atoms in total. The average molecular weight is 628 g/mol. The number of nitrogens with zero attached hydrogens (tertiary/aromatic N) is 4. The van der Waals surface area contributed by atoms with E-state index in [1.54, 1.807) is 23.6 Å². The molecule has 2 aliphatic rings. The highest BCUT2D eigenvalue weighted by atomic mass is 35.5. The minimum Gasteiger partial charge on any atom is -0.383 e. The van der Waals surface area contributed by atoms with E-state index in [9.17, 15) is 32.8 Å². The number of halogens is 3. The molecule has 220 valence electrons. The smallest absolute Gasteiger partial charge is 0.364 e. The van der Waals surface area contributed by atoms with Crippen molar-refractivity contribution in [2.45, 2.75) is 24.3 Å². The predicted octanol–water partition coefficient (Wildman–Crippen LogP) is 2.99. The number of thiophene rings is 1. The van der Waals surface area contributed by atoms with Crippen molar-refractivity contribution in [1.82, 2.24) is 30.1 Å². The molecule has 5 heterocycles. The molecule has 0 radical (unpaired) electrons. The summed E-state index contributed by atoms with van der Waals surface area (Å²) in [6.45, 7) is 0.286. The second kappa shape index (κ2) is 10.8. The van der Waals surface area contributed by atoms with Crippen molar-refractivity contribution in [3.05, 3.63) is 70.4 Å². The molecule has 5 amide bonds. The second-order valence-electron chi connectivity index (χ2n) is 9.69. The number of alkyl halides is 3. The first-order valence-corrected chi connectivity index (χ1v) is 14.2. The fraction of sp³-hybridized carbons (Fsp3) is 0.222. The van der Waals surface area contributed by atoms with E-state index in [0.29, 0.717) is 10.6 Å².